The average molecular weight is 2150 g/mol. The topological polar surface area (TPSA) is 130 Å². The Morgan fingerprint density at radius 1 is 0.299 bits per heavy atom. The smallest absolute Gasteiger partial charge is 0.358 e. The van der Waals surface area contributed by atoms with Crippen molar-refractivity contribution in [2.45, 2.75) is 16.2 Å². The van der Waals surface area contributed by atoms with Crippen molar-refractivity contribution in [1.29, 1.82) is 0 Å². The van der Waals surface area contributed by atoms with Gasteiger partial charge in [-0.2, -0.15) is 39.6 Å². The summed E-state index contributed by atoms with van der Waals surface area (Å²) in [6.07, 6.45) is 17.0. The van der Waals surface area contributed by atoms with E-state index in [0.29, 0.717) is 0 Å². The number of hydrogen-bond donors (Lipinski definition) is 1. The van der Waals surface area contributed by atoms with Crippen LogP contribution in [0.25, 0.3) is 127 Å². The van der Waals surface area contributed by atoms with Crippen LogP contribution in [0.2, 0.25) is 0 Å². The zero-order chi connectivity index (χ0) is 89.0. The zero-order valence-corrected chi connectivity index (χ0v) is 78.4. The quantitative estimate of drug-likeness (QED) is 0.128. The second-order valence-electron chi connectivity index (χ2n) is 33.1. The van der Waals surface area contributed by atoms with Crippen molar-refractivity contribution in [3.63, 3.8) is 0 Å². The Labute approximate surface area is 808 Å². The zero-order valence-electron chi connectivity index (χ0n) is 72.3. The van der Waals surface area contributed by atoms with E-state index in [-0.39, 0.29) is 21.1 Å². The van der Waals surface area contributed by atoms with Crippen LogP contribution in [0.4, 0.5) is 0 Å². The molecule has 0 spiro atoms. The first-order valence-corrected chi connectivity index (χ1v) is 46.0. The summed E-state index contributed by atoms with van der Waals surface area (Å²) >= 11 is 5.57. The molecule has 0 unspecified atom stereocenters. The van der Waals surface area contributed by atoms with Gasteiger partial charge in [-0.1, -0.05) is 282 Å². The Hall–Kier alpha value is -15.6. The van der Waals surface area contributed by atoms with Crippen LogP contribution < -0.4 is 0 Å². The summed E-state index contributed by atoms with van der Waals surface area (Å²) in [6.45, 7) is 0. The SMILES string of the molecule is Brc1cccc(C2(c3ccccn3)c3ccccc3-c3ccccc32)c1.C[N]=[Pt].[Pt+2].[c-]1c(-n2c3[c-]c(-n4cccn4)ccc3c3ccccc32)cccc1C1(c2ccccn2)c2ccccc2-c2ccccc21.c1ccc(C2(c3cccc(-n4c5ccccc5c5ccc(-n6cccn6)cc54)c3)c3ccccc3-c3ccccc32)nc1.c1ccc2c(c1)[nH]c1cc(-n3cccn3)ccc12. The molecule has 3 aliphatic carbocycles. The summed E-state index contributed by atoms with van der Waals surface area (Å²) in [5.41, 5.74) is 31.8. The third-order valence-electron chi connectivity index (χ3n) is 26.2. The molecule has 644 valence electrons. The Balaban J connectivity index is 0.000000107. The van der Waals surface area contributed by atoms with Crippen molar-refractivity contribution < 1.29 is 40.7 Å². The van der Waals surface area contributed by atoms with Gasteiger partial charge in [-0.05, 0) is 210 Å². The molecule has 9 aromatic heterocycles. The summed E-state index contributed by atoms with van der Waals surface area (Å²) < 4.78 is 14.8. The van der Waals surface area contributed by atoms with Crippen LogP contribution in [-0.2, 0) is 56.9 Å². The van der Waals surface area contributed by atoms with E-state index in [1.807, 2.05) is 120 Å². The van der Waals surface area contributed by atoms with Gasteiger partial charge in [0.15, 0.2) is 0 Å². The molecule has 0 fully saturated rings. The molecule has 13 nitrogen and oxygen atoms in total. The molecular weight excluding hydrogens is 2070 g/mol. The Morgan fingerprint density at radius 3 is 1.21 bits per heavy atom. The van der Waals surface area contributed by atoms with Crippen molar-refractivity contribution in [2.24, 2.45) is 3.50 Å². The van der Waals surface area contributed by atoms with Crippen LogP contribution in [0.3, 0.4) is 0 Å². The minimum atomic E-state index is -0.618. The van der Waals surface area contributed by atoms with Crippen molar-refractivity contribution in [3.8, 4) is 61.8 Å². The standard InChI is InChI=1S/C39H26N4.C39H24N4.C24H16BrN.C15H11N3.CH3N.2Pt/c2*1-4-16-34-30(13-1)31-14-2-5-17-35(31)39(34,38-19-7-8-22-40-38)27-11-9-12-29(25-27)43-36-18-6-3-15-32(36)33-21-20-28(26-37(33)43)42-24-10-23-41-42;25-18-9-7-8-17(16-18)24(23-14-5-6-15-26-23)21-12-3-1-10-19(21)20-11-2-4-13-22(20)24;1-2-5-14-12(4-1)13-7-6-11(10-15(13)17-14)18-9-3-8-16-18;1-2;;/h1-26H;1-24H;1-16H;1-10,17H;1H3;;/q;-2;;;;;+2. The van der Waals surface area contributed by atoms with Gasteiger partial charge in [0, 0.05) is 104 Å². The van der Waals surface area contributed by atoms with E-state index in [4.69, 9.17) is 15.0 Å². The monoisotopic (exact) mass is 2150 g/mol. The van der Waals surface area contributed by atoms with Crippen LogP contribution in [0.15, 0.2) is 470 Å². The number of halogens is 1. The van der Waals surface area contributed by atoms with Crippen LogP contribution in [0.5, 0.6) is 0 Å². The van der Waals surface area contributed by atoms with Gasteiger partial charge >= 0.3 is 51.2 Å². The van der Waals surface area contributed by atoms with E-state index < -0.39 is 16.2 Å². The number of aromatic nitrogens is 12. The van der Waals surface area contributed by atoms with Gasteiger partial charge in [-0.3, -0.25) is 19.6 Å². The van der Waals surface area contributed by atoms with Gasteiger partial charge in [0.1, 0.15) is 0 Å². The fourth-order valence-corrected chi connectivity index (χ4v) is 21.3. The van der Waals surface area contributed by atoms with E-state index in [0.717, 1.165) is 83.0 Å². The van der Waals surface area contributed by atoms with Crippen molar-refractivity contribution in [2.75, 3.05) is 7.05 Å². The molecule has 0 saturated carbocycles. The minimum Gasteiger partial charge on any atom is -0.358 e. The maximum atomic E-state index is 5.02. The maximum absolute atomic E-state index is 5.02. The summed E-state index contributed by atoms with van der Waals surface area (Å²) in [5, 5.41) is 20.5. The number of H-pyrrole nitrogens is 1. The number of fused-ring (bicyclic) bond motifs is 18. The predicted molar refractivity (Wildman–Crippen MR) is 534 cm³/mol. The number of pyridine rings is 3. The number of nitrogens with zero attached hydrogens (tertiary/aromatic N) is 12. The molecule has 9 heterocycles. The second kappa shape index (κ2) is 35.6. The number of nitrogens with one attached hydrogen (secondary N) is 1. The molecule has 3 aliphatic rings. The normalized spacial score (nSPS) is 12.9. The molecule has 27 rings (SSSR count). The molecule has 0 amide bonds. The van der Waals surface area contributed by atoms with Crippen LogP contribution in [-0.4, -0.2) is 65.5 Å². The second-order valence-corrected chi connectivity index (χ2v) is 35.0. The van der Waals surface area contributed by atoms with Crippen molar-refractivity contribution in [3.05, 3.63) is 546 Å². The fraction of sp³-hybridized carbons (Fsp3) is 0.0339. The van der Waals surface area contributed by atoms with Crippen molar-refractivity contribution >= 4 is 81.3 Å². The minimum absolute atomic E-state index is 0. The predicted octanol–water partition coefficient (Wildman–Crippen LogP) is 27.1. The van der Waals surface area contributed by atoms with E-state index in [2.05, 4.69) is 425 Å². The van der Waals surface area contributed by atoms with Gasteiger partial charge in [0.05, 0.1) is 55.7 Å². The van der Waals surface area contributed by atoms with Gasteiger partial charge in [0.2, 0.25) is 0 Å². The maximum Gasteiger partial charge on any atom is 2.00 e. The molecule has 0 aliphatic heterocycles. The van der Waals surface area contributed by atoms with Crippen LogP contribution in [0, 0.1) is 12.1 Å². The number of hydrogen-bond acceptors (Lipinski definition) is 7. The largest absolute Gasteiger partial charge is 2.00 e. The molecule has 0 saturated heterocycles. The van der Waals surface area contributed by atoms with Gasteiger partial charge in [-0.25, -0.2) is 9.36 Å². The first-order valence-electron chi connectivity index (χ1n) is 44.2. The summed E-state index contributed by atoms with van der Waals surface area (Å²) in [4.78, 5) is 18.3. The Morgan fingerprint density at radius 2 is 0.701 bits per heavy atom. The molecule has 0 radical (unpaired) electrons. The fourth-order valence-electron chi connectivity index (χ4n) is 20.9. The summed E-state index contributed by atoms with van der Waals surface area (Å²) in [6, 6.07) is 151. The number of aromatic amines is 1. The van der Waals surface area contributed by atoms with E-state index in [9.17, 15) is 0 Å². The molecule has 134 heavy (non-hydrogen) atoms. The average Bonchev–Trinajstić information content (AvgIpc) is 1.54. The van der Waals surface area contributed by atoms with E-state index in [1.165, 1.54) is 116 Å². The van der Waals surface area contributed by atoms with Gasteiger partial charge in [0.25, 0.3) is 0 Å². The summed E-state index contributed by atoms with van der Waals surface area (Å²) in [5.74, 6) is 0. The van der Waals surface area contributed by atoms with Crippen LogP contribution in [0.1, 0.15) is 67.2 Å². The first-order chi connectivity index (χ1) is 65.8. The number of benzene rings is 15. The summed E-state index contributed by atoms with van der Waals surface area (Å²) in [7, 11) is 1.74. The molecule has 0 atom stereocenters. The number of para-hydroxylation sites is 3. The van der Waals surface area contributed by atoms with E-state index in [1.54, 1.807) is 19.4 Å². The third kappa shape index (κ3) is 14.0. The molecule has 15 aromatic carbocycles. The Kier molecular flexibility index (Phi) is 22.3. The Bertz CT molecular complexity index is 8010. The molecule has 1 N–H and O–H groups in total. The van der Waals surface area contributed by atoms with Gasteiger partial charge in [-0.15, -0.1) is 29.1 Å². The molecule has 16 heteroatoms. The molecular formula is C118H80BrN13Pt2. The van der Waals surface area contributed by atoms with Crippen LogP contribution >= 0.6 is 15.9 Å². The van der Waals surface area contributed by atoms with E-state index >= 15 is 0 Å². The van der Waals surface area contributed by atoms with Gasteiger partial charge < -0.3 is 14.1 Å². The number of rotatable bonds is 11. The molecule has 24 aromatic rings. The third-order valence-corrected chi connectivity index (χ3v) is 26.7. The molecule has 0 bridgehead atoms. The first kappa shape index (κ1) is 84.0. The van der Waals surface area contributed by atoms with Crippen molar-refractivity contribution in [1.82, 2.24) is 58.4 Å².